The van der Waals surface area contributed by atoms with Gasteiger partial charge in [-0.05, 0) is 12.1 Å². The molecule has 0 unspecified atom stereocenters. The second kappa shape index (κ2) is 9.37. The van der Waals surface area contributed by atoms with Crippen LogP contribution in [0.25, 0.3) is 6.08 Å². The van der Waals surface area contributed by atoms with E-state index in [4.69, 9.17) is 15.1 Å². The Hall–Kier alpha value is 0.331. The van der Waals surface area contributed by atoms with Gasteiger partial charge in [-0.1, -0.05) is 12.7 Å². The molecule has 8 heteroatoms. The van der Waals surface area contributed by atoms with Gasteiger partial charge in [-0.3, -0.25) is 0 Å². The van der Waals surface area contributed by atoms with E-state index >= 15 is 0 Å². The third kappa shape index (κ3) is 6.82. The molecular formula is C8H9BF3KO3. The third-order valence-electron chi connectivity index (χ3n) is 1.28. The van der Waals surface area contributed by atoms with E-state index in [1.807, 2.05) is 0 Å². The SMILES string of the molecule is C=Cc1ccc(F)c(F)c1F.OB(O)O.[KH]. The molecule has 0 amide bonds. The molecule has 16 heavy (non-hydrogen) atoms. The molecule has 3 nitrogen and oxygen atoms in total. The van der Waals surface area contributed by atoms with Crippen LogP contribution >= 0.6 is 0 Å². The molecule has 0 heterocycles. The van der Waals surface area contributed by atoms with Crippen molar-refractivity contribution in [2.75, 3.05) is 0 Å². The summed E-state index contributed by atoms with van der Waals surface area (Å²) in [6.07, 6.45) is 1.12. The van der Waals surface area contributed by atoms with Crippen molar-refractivity contribution in [1.29, 1.82) is 0 Å². The van der Waals surface area contributed by atoms with Gasteiger partial charge in [0.25, 0.3) is 0 Å². The molecule has 0 fully saturated rings. The van der Waals surface area contributed by atoms with Crippen LogP contribution in [0.15, 0.2) is 18.7 Å². The maximum absolute atomic E-state index is 12.6. The van der Waals surface area contributed by atoms with Gasteiger partial charge in [0.1, 0.15) is 0 Å². The molecule has 0 radical (unpaired) electrons. The van der Waals surface area contributed by atoms with Gasteiger partial charge in [-0.15, -0.1) is 0 Å². The summed E-state index contributed by atoms with van der Waals surface area (Å²) in [5.41, 5.74) is -0.0381. The van der Waals surface area contributed by atoms with Gasteiger partial charge in [0.15, 0.2) is 17.5 Å². The van der Waals surface area contributed by atoms with Crippen molar-refractivity contribution in [2.45, 2.75) is 0 Å². The van der Waals surface area contributed by atoms with E-state index in [0.717, 1.165) is 18.2 Å². The summed E-state index contributed by atoms with van der Waals surface area (Å²) < 4.78 is 37.2. The van der Waals surface area contributed by atoms with E-state index in [9.17, 15) is 13.2 Å². The van der Waals surface area contributed by atoms with Crippen LogP contribution in [-0.4, -0.2) is 73.8 Å². The molecule has 1 aromatic rings. The predicted octanol–water partition coefficient (Wildman–Crippen LogP) is 0.0466. The average Bonchev–Trinajstić information content (AvgIpc) is 2.14. The first-order chi connectivity index (χ1) is 6.90. The quantitative estimate of drug-likeness (QED) is 0.494. The number of benzene rings is 1. The molecule has 1 rings (SSSR count). The first-order valence-electron chi connectivity index (χ1n) is 3.70. The van der Waals surface area contributed by atoms with Gasteiger partial charge in [-0.2, -0.15) is 0 Å². The van der Waals surface area contributed by atoms with Crippen molar-refractivity contribution < 1.29 is 28.2 Å². The summed E-state index contributed by atoms with van der Waals surface area (Å²) in [6.45, 7) is 3.23. The monoisotopic (exact) mass is 260 g/mol. The van der Waals surface area contributed by atoms with Crippen molar-refractivity contribution in [2.24, 2.45) is 0 Å². The molecule has 0 bridgehead atoms. The Kier molecular flexibility index (Phi) is 10.9. The van der Waals surface area contributed by atoms with Crippen LogP contribution < -0.4 is 0 Å². The first kappa shape index (κ1) is 18.7. The Morgan fingerprint density at radius 3 is 1.88 bits per heavy atom. The van der Waals surface area contributed by atoms with E-state index in [1.165, 1.54) is 0 Å². The summed E-state index contributed by atoms with van der Waals surface area (Å²) in [5, 5.41) is 21.5. The van der Waals surface area contributed by atoms with Crippen LogP contribution in [-0.2, 0) is 0 Å². The summed E-state index contributed by atoms with van der Waals surface area (Å²) in [4.78, 5) is 0. The Morgan fingerprint density at radius 2 is 1.50 bits per heavy atom. The van der Waals surface area contributed by atoms with Crippen LogP contribution in [0, 0.1) is 17.5 Å². The van der Waals surface area contributed by atoms with Crippen LogP contribution in [0.1, 0.15) is 5.56 Å². The van der Waals surface area contributed by atoms with Crippen molar-refractivity contribution in [3.63, 3.8) is 0 Å². The Morgan fingerprint density at radius 1 is 1.06 bits per heavy atom. The van der Waals surface area contributed by atoms with Gasteiger partial charge in [0, 0.05) is 5.56 Å². The van der Waals surface area contributed by atoms with Gasteiger partial charge in [0.2, 0.25) is 0 Å². The van der Waals surface area contributed by atoms with Gasteiger partial charge >= 0.3 is 58.7 Å². The zero-order chi connectivity index (χ0) is 12.0. The fourth-order valence-electron chi connectivity index (χ4n) is 0.698. The first-order valence-corrected chi connectivity index (χ1v) is 3.70. The fourth-order valence-corrected chi connectivity index (χ4v) is 0.698. The van der Waals surface area contributed by atoms with Crippen LogP contribution in [0.2, 0.25) is 0 Å². The van der Waals surface area contributed by atoms with E-state index in [2.05, 4.69) is 6.58 Å². The van der Waals surface area contributed by atoms with Crippen molar-refractivity contribution in [3.05, 3.63) is 41.7 Å². The van der Waals surface area contributed by atoms with Crippen molar-refractivity contribution >= 4 is 64.8 Å². The molecular weight excluding hydrogens is 251 g/mol. The van der Waals surface area contributed by atoms with Crippen LogP contribution in [0.5, 0.6) is 0 Å². The second-order valence-electron chi connectivity index (χ2n) is 2.32. The predicted molar refractivity (Wildman–Crippen MR) is 56.0 cm³/mol. The number of hydrogen-bond acceptors (Lipinski definition) is 3. The summed E-state index contributed by atoms with van der Waals surface area (Å²) in [7, 11) is -2.17. The maximum atomic E-state index is 12.6. The number of halogens is 3. The number of hydrogen-bond donors (Lipinski definition) is 3. The van der Waals surface area contributed by atoms with Crippen molar-refractivity contribution in [3.8, 4) is 0 Å². The molecule has 84 valence electrons. The third-order valence-corrected chi connectivity index (χ3v) is 1.28. The molecule has 0 atom stereocenters. The molecule has 0 aliphatic heterocycles. The fraction of sp³-hybridized carbons (Fsp3) is 0. The molecule has 0 spiro atoms. The molecule has 1 aromatic carbocycles. The minimum atomic E-state index is -2.17. The minimum absolute atomic E-state index is 0. The zero-order valence-corrected chi connectivity index (χ0v) is 7.49. The van der Waals surface area contributed by atoms with Gasteiger partial charge < -0.3 is 15.1 Å². The standard InChI is InChI=1S/C8H5F3.BH3O3.K.H/c1-2-5-3-4-6(9)8(11)7(5)10;2-1(3)4;;/h2-4H,1H2;2-4H;;. The Balaban J connectivity index is 0. The molecule has 0 aromatic heterocycles. The molecule has 0 aliphatic carbocycles. The Bertz CT molecular complexity index is 347. The van der Waals surface area contributed by atoms with Crippen molar-refractivity contribution in [1.82, 2.24) is 0 Å². The second-order valence-corrected chi connectivity index (χ2v) is 2.32. The van der Waals surface area contributed by atoms with Crippen LogP contribution in [0.3, 0.4) is 0 Å². The van der Waals surface area contributed by atoms with E-state index < -0.39 is 24.8 Å². The topological polar surface area (TPSA) is 60.7 Å². The van der Waals surface area contributed by atoms with Crippen LogP contribution in [0.4, 0.5) is 13.2 Å². The molecule has 0 saturated heterocycles. The normalized spacial score (nSPS) is 8.38. The van der Waals surface area contributed by atoms with E-state index in [0.29, 0.717) is 0 Å². The summed E-state index contributed by atoms with van der Waals surface area (Å²) in [5.74, 6) is -3.84. The molecule has 3 N–H and O–H groups in total. The summed E-state index contributed by atoms with van der Waals surface area (Å²) >= 11 is 0. The van der Waals surface area contributed by atoms with Gasteiger partial charge in [-0.25, -0.2) is 13.2 Å². The molecule has 0 aliphatic rings. The number of rotatable bonds is 1. The summed E-state index contributed by atoms with van der Waals surface area (Å²) in [6, 6.07) is 1.98. The van der Waals surface area contributed by atoms with Gasteiger partial charge in [0.05, 0.1) is 0 Å². The van der Waals surface area contributed by atoms with E-state index in [1.54, 1.807) is 0 Å². The average molecular weight is 260 g/mol. The Labute approximate surface area is 133 Å². The zero-order valence-electron chi connectivity index (χ0n) is 7.49. The van der Waals surface area contributed by atoms with E-state index in [-0.39, 0.29) is 56.9 Å². The molecule has 0 saturated carbocycles.